The highest BCUT2D eigenvalue weighted by molar-refractivity contribution is 7.88. The van der Waals surface area contributed by atoms with Crippen LogP contribution in [0, 0.1) is 12.8 Å². The second-order valence-electron chi connectivity index (χ2n) is 7.05. The topological polar surface area (TPSA) is 72.3 Å². The van der Waals surface area contributed by atoms with E-state index in [0.717, 1.165) is 41.6 Å². The average molecular weight is 365 g/mol. The molecule has 0 fully saturated rings. The van der Waals surface area contributed by atoms with E-state index in [1.165, 1.54) is 11.2 Å². The summed E-state index contributed by atoms with van der Waals surface area (Å²) in [6.07, 6.45) is 2.20. The number of carbonyl (C=O) groups excluding carboxylic acids is 1. The van der Waals surface area contributed by atoms with Crippen molar-refractivity contribution in [2.45, 2.75) is 47.2 Å². The molecule has 0 unspecified atom stereocenters. The lowest BCUT2D eigenvalue weighted by Crippen LogP contribution is -2.33. The zero-order chi connectivity index (χ0) is 18.8. The number of hydrogen-bond donors (Lipinski definition) is 0. The Bertz CT molecular complexity index is 869. The van der Waals surface area contributed by atoms with Crippen LogP contribution < -0.4 is 0 Å². The predicted octanol–water partition coefficient (Wildman–Crippen LogP) is 2.74. The number of ketones is 1. The summed E-state index contributed by atoms with van der Waals surface area (Å²) in [4.78, 5) is 16.0. The molecule has 0 saturated heterocycles. The van der Waals surface area contributed by atoms with Crippen LogP contribution in [0.2, 0.25) is 0 Å². The van der Waals surface area contributed by atoms with Crippen molar-refractivity contribution in [2.24, 2.45) is 5.92 Å². The molecule has 0 radical (unpaired) electrons. The highest BCUT2D eigenvalue weighted by Crippen LogP contribution is 2.20. The lowest BCUT2D eigenvalue weighted by molar-refractivity contribution is -0.117. The summed E-state index contributed by atoms with van der Waals surface area (Å²) in [6, 6.07) is 5.80. The molecule has 0 aliphatic heterocycles. The molecule has 0 saturated carbocycles. The molecule has 1 aromatic heterocycles. The zero-order valence-electron chi connectivity index (χ0n) is 15.6. The third-order valence-corrected chi connectivity index (χ3v) is 5.36. The minimum atomic E-state index is -3.45. The van der Waals surface area contributed by atoms with Gasteiger partial charge in [-0.25, -0.2) is 13.4 Å². The van der Waals surface area contributed by atoms with Crippen LogP contribution >= 0.6 is 0 Å². The van der Waals surface area contributed by atoms with Crippen LogP contribution in [-0.4, -0.2) is 40.9 Å². The minimum absolute atomic E-state index is 0.112. The molecule has 1 heterocycles. The van der Waals surface area contributed by atoms with Crippen LogP contribution in [0.15, 0.2) is 18.2 Å². The van der Waals surface area contributed by atoms with Crippen LogP contribution in [0.3, 0.4) is 0 Å². The highest BCUT2D eigenvalue weighted by atomic mass is 32.2. The van der Waals surface area contributed by atoms with Gasteiger partial charge in [-0.2, -0.15) is 4.31 Å². The SMILES string of the molecule is CC(=O)CN(Cc1ccc2c(c1)nc(C)n2CCC(C)C)S(C)(=O)=O. The number of hydrogen-bond acceptors (Lipinski definition) is 4. The summed E-state index contributed by atoms with van der Waals surface area (Å²) in [6.45, 7) is 8.74. The Morgan fingerprint density at radius 2 is 2.00 bits per heavy atom. The lowest BCUT2D eigenvalue weighted by atomic mass is 10.1. The summed E-state index contributed by atoms with van der Waals surface area (Å²) in [5.41, 5.74) is 2.74. The summed E-state index contributed by atoms with van der Waals surface area (Å²) < 4.78 is 27.2. The molecular weight excluding hydrogens is 338 g/mol. The number of sulfonamides is 1. The quantitative estimate of drug-likeness (QED) is 0.721. The summed E-state index contributed by atoms with van der Waals surface area (Å²) in [5.74, 6) is 1.39. The first-order chi connectivity index (χ1) is 11.6. The monoisotopic (exact) mass is 365 g/mol. The third kappa shape index (κ3) is 5.12. The largest absolute Gasteiger partial charge is 0.328 e. The van der Waals surface area contributed by atoms with Crippen molar-refractivity contribution in [1.29, 1.82) is 0 Å². The Balaban J connectivity index is 2.30. The van der Waals surface area contributed by atoms with Crippen molar-refractivity contribution >= 4 is 26.8 Å². The molecule has 7 heteroatoms. The Labute approximate surface area is 149 Å². The van der Waals surface area contributed by atoms with Gasteiger partial charge in [0.15, 0.2) is 0 Å². The van der Waals surface area contributed by atoms with Crippen LogP contribution in [0.5, 0.6) is 0 Å². The Morgan fingerprint density at radius 1 is 1.32 bits per heavy atom. The number of carbonyl (C=O) groups is 1. The number of aryl methyl sites for hydroxylation is 2. The van der Waals surface area contributed by atoms with Gasteiger partial charge in [-0.05, 0) is 43.9 Å². The maximum absolute atomic E-state index is 11.9. The van der Waals surface area contributed by atoms with Gasteiger partial charge < -0.3 is 4.57 Å². The van der Waals surface area contributed by atoms with E-state index in [2.05, 4.69) is 23.4 Å². The molecular formula is C18H27N3O3S. The fourth-order valence-corrected chi connectivity index (χ4v) is 3.61. The molecule has 0 spiro atoms. The fourth-order valence-electron chi connectivity index (χ4n) is 2.81. The summed E-state index contributed by atoms with van der Waals surface area (Å²) in [5, 5.41) is 0. The van der Waals surface area contributed by atoms with E-state index in [-0.39, 0.29) is 18.9 Å². The first kappa shape index (κ1) is 19.6. The fraction of sp³-hybridized carbons (Fsp3) is 0.556. The number of nitrogens with zero attached hydrogens (tertiary/aromatic N) is 3. The van der Waals surface area contributed by atoms with E-state index < -0.39 is 10.0 Å². The van der Waals surface area contributed by atoms with Gasteiger partial charge in [-0.1, -0.05) is 19.9 Å². The van der Waals surface area contributed by atoms with E-state index >= 15 is 0 Å². The molecule has 0 N–H and O–H groups in total. The molecule has 0 aliphatic carbocycles. The first-order valence-electron chi connectivity index (χ1n) is 8.48. The van der Waals surface area contributed by atoms with Gasteiger partial charge in [0.25, 0.3) is 0 Å². The van der Waals surface area contributed by atoms with Gasteiger partial charge in [-0.3, -0.25) is 4.79 Å². The van der Waals surface area contributed by atoms with Crippen LogP contribution in [0.25, 0.3) is 11.0 Å². The van der Waals surface area contributed by atoms with E-state index in [1.54, 1.807) is 0 Å². The van der Waals surface area contributed by atoms with Gasteiger partial charge in [0.05, 0.1) is 23.8 Å². The van der Waals surface area contributed by atoms with E-state index in [9.17, 15) is 13.2 Å². The lowest BCUT2D eigenvalue weighted by Gasteiger charge is -2.18. The Kier molecular flexibility index (Phi) is 6.00. The van der Waals surface area contributed by atoms with Crippen molar-refractivity contribution < 1.29 is 13.2 Å². The maximum Gasteiger partial charge on any atom is 0.211 e. The zero-order valence-corrected chi connectivity index (χ0v) is 16.4. The third-order valence-electron chi connectivity index (χ3n) is 4.16. The number of benzene rings is 1. The van der Waals surface area contributed by atoms with Crippen molar-refractivity contribution in [1.82, 2.24) is 13.9 Å². The smallest absolute Gasteiger partial charge is 0.211 e. The molecule has 138 valence electrons. The second-order valence-corrected chi connectivity index (χ2v) is 9.03. The molecule has 25 heavy (non-hydrogen) atoms. The van der Waals surface area contributed by atoms with E-state index in [4.69, 9.17) is 0 Å². The van der Waals surface area contributed by atoms with Crippen LogP contribution in [-0.2, 0) is 27.9 Å². The van der Waals surface area contributed by atoms with Crippen molar-refractivity contribution in [3.63, 3.8) is 0 Å². The number of Topliss-reactive ketones (excluding diaryl/α,β-unsaturated/α-hetero) is 1. The Hall–Kier alpha value is -1.73. The van der Waals surface area contributed by atoms with Crippen LogP contribution in [0.1, 0.15) is 38.6 Å². The molecule has 1 aromatic carbocycles. The van der Waals surface area contributed by atoms with Crippen molar-refractivity contribution in [2.75, 3.05) is 12.8 Å². The van der Waals surface area contributed by atoms with Crippen LogP contribution in [0.4, 0.5) is 0 Å². The van der Waals surface area contributed by atoms with Crippen molar-refractivity contribution in [3.8, 4) is 0 Å². The molecule has 6 nitrogen and oxygen atoms in total. The second kappa shape index (κ2) is 7.66. The summed E-state index contributed by atoms with van der Waals surface area (Å²) >= 11 is 0. The van der Waals surface area contributed by atoms with Gasteiger partial charge in [0, 0.05) is 13.1 Å². The number of rotatable bonds is 8. The molecule has 0 bridgehead atoms. The predicted molar refractivity (Wildman–Crippen MR) is 99.9 cm³/mol. The average Bonchev–Trinajstić information content (AvgIpc) is 2.77. The van der Waals surface area contributed by atoms with Gasteiger partial charge >= 0.3 is 0 Å². The number of imidazole rings is 1. The van der Waals surface area contributed by atoms with Gasteiger partial charge in [0.2, 0.25) is 10.0 Å². The highest BCUT2D eigenvalue weighted by Gasteiger charge is 2.19. The standard InChI is InChI=1S/C18H27N3O3S/c1-13(2)8-9-21-15(4)19-17-10-16(6-7-18(17)21)12-20(11-14(3)22)25(5,23)24/h6-7,10,13H,8-9,11-12H2,1-5H3. The Morgan fingerprint density at radius 3 is 2.56 bits per heavy atom. The molecule has 0 amide bonds. The molecule has 2 aromatic rings. The van der Waals surface area contributed by atoms with E-state index in [1.807, 2.05) is 25.1 Å². The molecule has 0 aliphatic rings. The van der Waals surface area contributed by atoms with E-state index in [0.29, 0.717) is 5.92 Å². The maximum atomic E-state index is 11.9. The number of aromatic nitrogens is 2. The summed E-state index contributed by atoms with van der Waals surface area (Å²) in [7, 11) is -3.45. The normalized spacial score (nSPS) is 12.4. The molecule has 2 rings (SSSR count). The number of fused-ring (bicyclic) bond motifs is 1. The van der Waals surface area contributed by atoms with Crippen molar-refractivity contribution in [3.05, 3.63) is 29.6 Å². The first-order valence-corrected chi connectivity index (χ1v) is 10.3. The molecule has 0 atom stereocenters. The van der Waals surface area contributed by atoms with Gasteiger partial charge in [0.1, 0.15) is 11.6 Å². The minimum Gasteiger partial charge on any atom is -0.328 e. The van der Waals surface area contributed by atoms with Gasteiger partial charge in [-0.15, -0.1) is 0 Å².